The number of rotatable bonds is 4. The van der Waals surface area contributed by atoms with Gasteiger partial charge in [0.15, 0.2) is 0 Å². The maximum absolute atomic E-state index is 8.90. The molecule has 0 atom stereocenters. The summed E-state index contributed by atoms with van der Waals surface area (Å²) in [5.74, 6) is 0. The Labute approximate surface area is 94.0 Å². The van der Waals surface area contributed by atoms with Gasteiger partial charge in [0, 0.05) is 11.9 Å². The normalized spacial score (nSPS) is 10.1. The summed E-state index contributed by atoms with van der Waals surface area (Å²) in [5, 5.41) is 12.1. The SMILES string of the molecule is OCc1ccc(NCc2ccncn2)cc1. The van der Waals surface area contributed by atoms with Crippen molar-refractivity contribution in [2.45, 2.75) is 13.2 Å². The van der Waals surface area contributed by atoms with E-state index in [1.807, 2.05) is 30.3 Å². The number of nitrogens with zero attached hydrogens (tertiary/aromatic N) is 2. The fraction of sp³-hybridized carbons (Fsp3) is 0.167. The second-order valence-electron chi connectivity index (χ2n) is 3.41. The van der Waals surface area contributed by atoms with Crippen molar-refractivity contribution in [2.24, 2.45) is 0 Å². The summed E-state index contributed by atoms with van der Waals surface area (Å²) in [6.45, 7) is 0.743. The number of hydrogen-bond acceptors (Lipinski definition) is 4. The van der Waals surface area contributed by atoms with E-state index < -0.39 is 0 Å². The first-order valence-electron chi connectivity index (χ1n) is 5.07. The first-order valence-corrected chi connectivity index (χ1v) is 5.07. The molecule has 0 saturated carbocycles. The topological polar surface area (TPSA) is 58.0 Å². The Kier molecular flexibility index (Phi) is 3.46. The first kappa shape index (κ1) is 10.6. The number of anilines is 1. The highest BCUT2D eigenvalue weighted by Crippen LogP contribution is 2.10. The number of aliphatic hydroxyl groups excluding tert-OH is 1. The molecule has 2 aromatic rings. The van der Waals surface area contributed by atoms with E-state index in [-0.39, 0.29) is 6.61 Å². The zero-order chi connectivity index (χ0) is 11.2. The Morgan fingerprint density at radius 3 is 2.56 bits per heavy atom. The minimum Gasteiger partial charge on any atom is -0.392 e. The van der Waals surface area contributed by atoms with Gasteiger partial charge in [-0.25, -0.2) is 9.97 Å². The molecule has 2 rings (SSSR count). The zero-order valence-electron chi connectivity index (χ0n) is 8.80. The van der Waals surface area contributed by atoms with Crippen LogP contribution in [0.1, 0.15) is 11.3 Å². The molecule has 82 valence electrons. The quantitative estimate of drug-likeness (QED) is 0.813. The van der Waals surface area contributed by atoms with Crippen LogP contribution < -0.4 is 5.32 Å². The molecule has 0 aliphatic rings. The molecule has 4 nitrogen and oxygen atoms in total. The van der Waals surface area contributed by atoms with Crippen LogP contribution in [0, 0.1) is 0 Å². The van der Waals surface area contributed by atoms with E-state index >= 15 is 0 Å². The van der Waals surface area contributed by atoms with Gasteiger partial charge in [-0.3, -0.25) is 0 Å². The van der Waals surface area contributed by atoms with Gasteiger partial charge in [0.05, 0.1) is 18.8 Å². The Bertz CT molecular complexity index is 428. The minimum atomic E-state index is 0.0756. The Morgan fingerprint density at radius 2 is 1.94 bits per heavy atom. The van der Waals surface area contributed by atoms with Crippen LogP contribution >= 0.6 is 0 Å². The molecule has 2 N–H and O–H groups in total. The highest BCUT2D eigenvalue weighted by Gasteiger charge is 1.95. The van der Waals surface area contributed by atoms with Crippen LogP contribution in [0.2, 0.25) is 0 Å². The van der Waals surface area contributed by atoms with Crippen molar-refractivity contribution >= 4 is 5.69 Å². The van der Waals surface area contributed by atoms with Crippen molar-refractivity contribution in [1.29, 1.82) is 0 Å². The van der Waals surface area contributed by atoms with Gasteiger partial charge < -0.3 is 10.4 Å². The summed E-state index contributed by atoms with van der Waals surface area (Å²) in [4.78, 5) is 7.97. The lowest BCUT2D eigenvalue weighted by atomic mass is 10.2. The molecule has 16 heavy (non-hydrogen) atoms. The van der Waals surface area contributed by atoms with Gasteiger partial charge in [-0.15, -0.1) is 0 Å². The van der Waals surface area contributed by atoms with Crippen LogP contribution in [0.4, 0.5) is 5.69 Å². The number of aliphatic hydroxyl groups is 1. The van der Waals surface area contributed by atoms with Gasteiger partial charge in [-0.1, -0.05) is 12.1 Å². The monoisotopic (exact) mass is 215 g/mol. The molecular weight excluding hydrogens is 202 g/mol. The molecule has 0 spiro atoms. The predicted octanol–water partition coefficient (Wildman–Crippen LogP) is 1.58. The van der Waals surface area contributed by atoms with Crippen LogP contribution in [-0.2, 0) is 13.2 Å². The number of hydrogen-bond donors (Lipinski definition) is 2. The van der Waals surface area contributed by atoms with Crippen molar-refractivity contribution in [3.8, 4) is 0 Å². The van der Waals surface area contributed by atoms with Crippen LogP contribution in [0.5, 0.6) is 0 Å². The van der Waals surface area contributed by atoms with E-state index in [9.17, 15) is 0 Å². The van der Waals surface area contributed by atoms with Crippen molar-refractivity contribution in [2.75, 3.05) is 5.32 Å². The smallest absolute Gasteiger partial charge is 0.115 e. The predicted molar refractivity (Wildman–Crippen MR) is 61.7 cm³/mol. The number of benzene rings is 1. The van der Waals surface area contributed by atoms with Crippen molar-refractivity contribution in [3.63, 3.8) is 0 Å². The molecule has 0 bridgehead atoms. The van der Waals surface area contributed by atoms with Gasteiger partial charge in [0.25, 0.3) is 0 Å². The molecule has 0 unspecified atom stereocenters. The van der Waals surface area contributed by atoms with Crippen LogP contribution in [0.3, 0.4) is 0 Å². The summed E-state index contributed by atoms with van der Waals surface area (Å²) in [6.07, 6.45) is 3.25. The minimum absolute atomic E-state index is 0.0756. The summed E-state index contributed by atoms with van der Waals surface area (Å²) >= 11 is 0. The van der Waals surface area contributed by atoms with E-state index in [1.54, 1.807) is 6.20 Å². The summed E-state index contributed by atoms with van der Waals surface area (Å²) in [5.41, 5.74) is 2.87. The van der Waals surface area contributed by atoms with Crippen LogP contribution in [0.25, 0.3) is 0 Å². The molecule has 4 heteroatoms. The maximum Gasteiger partial charge on any atom is 0.115 e. The Balaban J connectivity index is 1.94. The fourth-order valence-corrected chi connectivity index (χ4v) is 1.34. The van der Waals surface area contributed by atoms with Crippen LogP contribution in [-0.4, -0.2) is 15.1 Å². The van der Waals surface area contributed by atoms with Gasteiger partial charge in [-0.2, -0.15) is 0 Å². The molecule has 1 heterocycles. The van der Waals surface area contributed by atoms with Crippen molar-refractivity contribution in [3.05, 3.63) is 54.1 Å². The highest BCUT2D eigenvalue weighted by molar-refractivity contribution is 5.44. The Hall–Kier alpha value is -1.94. The van der Waals surface area contributed by atoms with Crippen molar-refractivity contribution < 1.29 is 5.11 Å². The third kappa shape index (κ3) is 2.77. The average Bonchev–Trinajstić information content (AvgIpc) is 2.38. The summed E-state index contributed by atoms with van der Waals surface area (Å²) < 4.78 is 0. The number of nitrogens with one attached hydrogen (secondary N) is 1. The molecule has 0 saturated heterocycles. The second kappa shape index (κ2) is 5.23. The van der Waals surface area contributed by atoms with E-state index in [0.717, 1.165) is 16.9 Å². The van der Waals surface area contributed by atoms with Gasteiger partial charge in [0.2, 0.25) is 0 Å². The lowest BCUT2D eigenvalue weighted by Gasteiger charge is -2.06. The van der Waals surface area contributed by atoms with E-state index in [4.69, 9.17) is 5.11 Å². The third-order valence-electron chi connectivity index (χ3n) is 2.25. The third-order valence-corrected chi connectivity index (χ3v) is 2.25. The molecule has 1 aromatic carbocycles. The van der Waals surface area contributed by atoms with E-state index in [0.29, 0.717) is 6.54 Å². The first-order chi connectivity index (χ1) is 7.88. The lowest BCUT2D eigenvalue weighted by molar-refractivity contribution is 0.282. The standard InChI is InChI=1S/C12H13N3O/c16-8-10-1-3-11(4-2-10)14-7-12-5-6-13-9-15-12/h1-6,9,14,16H,7-8H2. The van der Waals surface area contributed by atoms with Crippen LogP contribution in [0.15, 0.2) is 42.9 Å². The molecule has 1 aromatic heterocycles. The molecule has 0 aliphatic carbocycles. The van der Waals surface area contributed by atoms with E-state index in [1.165, 1.54) is 6.33 Å². The molecule has 0 fully saturated rings. The highest BCUT2D eigenvalue weighted by atomic mass is 16.3. The van der Waals surface area contributed by atoms with Gasteiger partial charge >= 0.3 is 0 Å². The van der Waals surface area contributed by atoms with Gasteiger partial charge in [0.1, 0.15) is 6.33 Å². The maximum atomic E-state index is 8.90. The average molecular weight is 215 g/mol. The van der Waals surface area contributed by atoms with Gasteiger partial charge in [-0.05, 0) is 23.8 Å². The second-order valence-corrected chi connectivity index (χ2v) is 3.41. The zero-order valence-corrected chi connectivity index (χ0v) is 8.80. The van der Waals surface area contributed by atoms with E-state index in [2.05, 4.69) is 15.3 Å². The number of aromatic nitrogens is 2. The van der Waals surface area contributed by atoms with Crippen molar-refractivity contribution in [1.82, 2.24) is 9.97 Å². The summed E-state index contributed by atoms with van der Waals surface area (Å²) in [7, 11) is 0. The summed E-state index contributed by atoms with van der Waals surface area (Å²) in [6, 6.07) is 9.53. The molecule has 0 radical (unpaired) electrons. The lowest BCUT2D eigenvalue weighted by Crippen LogP contribution is -2.01. The molecular formula is C12H13N3O. The fourth-order valence-electron chi connectivity index (χ4n) is 1.34. The molecule has 0 amide bonds. The largest absolute Gasteiger partial charge is 0.392 e. The molecule has 0 aliphatic heterocycles. The Morgan fingerprint density at radius 1 is 1.12 bits per heavy atom.